The highest BCUT2D eigenvalue weighted by Gasteiger charge is 2.24. The van der Waals surface area contributed by atoms with E-state index in [4.69, 9.17) is 4.99 Å². The summed E-state index contributed by atoms with van der Waals surface area (Å²) < 4.78 is 0. The quantitative estimate of drug-likeness (QED) is 0.367. The van der Waals surface area contributed by atoms with Gasteiger partial charge in [0, 0.05) is 24.4 Å². The van der Waals surface area contributed by atoms with Crippen molar-refractivity contribution in [3.05, 3.63) is 0 Å². The van der Waals surface area contributed by atoms with Crippen LogP contribution in [0, 0.1) is 0 Å². The van der Waals surface area contributed by atoms with Gasteiger partial charge in [-0.1, -0.05) is 13.8 Å². The normalized spacial score (nSPS) is 22.3. The highest BCUT2D eigenvalue weighted by Crippen LogP contribution is 2.27. The van der Waals surface area contributed by atoms with E-state index in [0.717, 1.165) is 37.4 Å². The molecule has 22 heavy (non-hydrogen) atoms. The first-order chi connectivity index (χ1) is 10.7. The van der Waals surface area contributed by atoms with Crippen molar-refractivity contribution in [3.8, 4) is 0 Å². The van der Waals surface area contributed by atoms with E-state index in [9.17, 15) is 0 Å². The standard InChI is InChI=1S/C17H36N4S/c1-5-18-17(20-15-10-11-16(14-15)22-4)19-12-8-9-13-21(6-2)7-3/h15-16H,5-14H2,1-4H3,(H2,18,19,20). The number of unbranched alkanes of at least 4 members (excludes halogenated alkanes) is 1. The molecule has 0 amide bonds. The molecule has 4 nitrogen and oxygen atoms in total. The van der Waals surface area contributed by atoms with Gasteiger partial charge in [-0.25, -0.2) is 0 Å². The van der Waals surface area contributed by atoms with Crippen LogP contribution < -0.4 is 10.6 Å². The molecule has 0 bridgehead atoms. The molecule has 0 spiro atoms. The molecule has 0 radical (unpaired) electrons. The topological polar surface area (TPSA) is 39.7 Å². The van der Waals surface area contributed by atoms with E-state index < -0.39 is 0 Å². The minimum Gasteiger partial charge on any atom is -0.357 e. The van der Waals surface area contributed by atoms with E-state index in [1.807, 2.05) is 11.8 Å². The Morgan fingerprint density at radius 1 is 1.18 bits per heavy atom. The maximum Gasteiger partial charge on any atom is 0.191 e. The maximum absolute atomic E-state index is 4.75. The largest absolute Gasteiger partial charge is 0.357 e. The summed E-state index contributed by atoms with van der Waals surface area (Å²) in [6.45, 7) is 12.0. The average Bonchev–Trinajstić information content (AvgIpc) is 2.98. The van der Waals surface area contributed by atoms with Gasteiger partial charge in [-0.2, -0.15) is 11.8 Å². The summed E-state index contributed by atoms with van der Waals surface area (Å²) in [5, 5.41) is 7.83. The third kappa shape index (κ3) is 7.73. The molecule has 0 aromatic heterocycles. The van der Waals surface area contributed by atoms with Crippen LogP contribution in [0.2, 0.25) is 0 Å². The van der Waals surface area contributed by atoms with Crippen LogP contribution >= 0.6 is 11.8 Å². The van der Waals surface area contributed by atoms with Crippen LogP contribution in [0.15, 0.2) is 4.99 Å². The first kappa shape index (κ1) is 19.6. The van der Waals surface area contributed by atoms with Crippen molar-refractivity contribution in [2.24, 2.45) is 4.99 Å². The highest BCUT2D eigenvalue weighted by atomic mass is 32.2. The molecule has 130 valence electrons. The fourth-order valence-electron chi connectivity index (χ4n) is 2.98. The van der Waals surface area contributed by atoms with Crippen LogP contribution in [0.3, 0.4) is 0 Å². The number of nitrogens with zero attached hydrogens (tertiary/aromatic N) is 2. The first-order valence-electron chi connectivity index (χ1n) is 9.03. The molecule has 0 heterocycles. The molecule has 5 heteroatoms. The summed E-state index contributed by atoms with van der Waals surface area (Å²) in [6.07, 6.45) is 8.52. The summed E-state index contributed by atoms with van der Waals surface area (Å²) >= 11 is 2.00. The third-order valence-corrected chi connectivity index (χ3v) is 5.54. The van der Waals surface area contributed by atoms with Crippen LogP contribution in [-0.4, -0.2) is 61.1 Å². The molecule has 0 aliphatic heterocycles. The summed E-state index contributed by atoms with van der Waals surface area (Å²) in [5.74, 6) is 1.01. The van der Waals surface area contributed by atoms with Crippen molar-refractivity contribution in [3.63, 3.8) is 0 Å². The van der Waals surface area contributed by atoms with Gasteiger partial charge in [0.1, 0.15) is 0 Å². The molecule has 1 aliphatic carbocycles. The molecular formula is C17H36N4S. The number of aliphatic imine (C=N–C) groups is 1. The van der Waals surface area contributed by atoms with E-state index >= 15 is 0 Å². The third-order valence-electron chi connectivity index (χ3n) is 4.45. The maximum atomic E-state index is 4.75. The van der Waals surface area contributed by atoms with Gasteiger partial charge in [0.05, 0.1) is 0 Å². The molecule has 2 atom stereocenters. The Bertz CT molecular complexity index is 305. The van der Waals surface area contributed by atoms with Crippen molar-refractivity contribution in [2.45, 2.75) is 64.2 Å². The molecule has 1 fully saturated rings. The Labute approximate surface area is 141 Å². The van der Waals surface area contributed by atoms with Gasteiger partial charge in [0.2, 0.25) is 0 Å². The number of hydrogen-bond acceptors (Lipinski definition) is 3. The van der Waals surface area contributed by atoms with Crippen LogP contribution in [-0.2, 0) is 0 Å². The number of nitrogens with one attached hydrogen (secondary N) is 2. The fourth-order valence-corrected chi connectivity index (χ4v) is 3.77. The van der Waals surface area contributed by atoms with E-state index in [1.54, 1.807) is 0 Å². The Hall–Kier alpha value is -0.420. The highest BCUT2D eigenvalue weighted by molar-refractivity contribution is 7.99. The molecule has 0 aromatic carbocycles. The van der Waals surface area contributed by atoms with E-state index in [1.165, 1.54) is 38.6 Å². The minimum atomic E-state index is 0.603. The van der Waals surface area contributed by atoms with Crippen LogP contribution in [0.1, 0.15) is 52.9 Å². The smallest absolute Gasteiger partial charge is 0.191 e. The van der Waals surface area contributed by atoms with E-state index in [2.05, 4.69) is 42.6 Å². The summed E-state index contributed by atoms with van der Waals surface area (Å²) in [5.41, 5.74) is 0. The monoisotopic (exact) mass is 328 g/mol. The van der Waals surface area contributed by atoms with Crippen molar-refractivity contribution in [1.29, 1.82) is 0 Å². The lowest BCUT2D eigenvalue weighted by Crippen LogP contribution is -2.42. The Morgan fingerprint density at radius 2 is 1.95 bits per heavy atom. The van der Waals surface area contributed by atoms with Crippen LogP contribution in [0.25, 0.3) is 0 Å². The molecule has 0 saturated heterocycles. The van der Waals surface area contributed by atoms with Gasteiger partial charge in [0.15, 0.2) is 5.96 Å². The Kier molecular flexibility index (Phi) is 10.8. The second kappa shape index (κ2) is 12.1. The van der Waals surface area contributed by atoms with Crippen LogP contribution in [0.4, 0.5) is 0 Å². The lowest BCUT2D eigenvalue weighted by Gasteiger charge is -2.18. The molecule has 2 unspecified atom stereocenters. The average molecular weight is 329 g/mol. The number of thioether (sulfide) groups is 1. The zero-order valence-corrected chi connectivity index (χ0v) is 15.8. The zero-order valence-electron chi connectivity index (χ0n) is 15.0. The van der Waals surface area contributed by atoms with Gasteiger partial charge in [-0.15, -0.1) is 0 Å². The van der Waals surface area contributed by atoms with E-state index in [-0.39, 0.29) is 0 Å². The summed E-state index contributed by atoms with van der Waals surface area (Å²) in [7, 11) is 0. The summed E-state index contributed by atoms with van der Waals surface area (Å²) in [4.78, 5) is 7.23. The Balaban J connectivity index is 2.27. The second-order valence-corrected chi connectivity index (χ2v) is 7.14. The van der Waals surface area contributed by atoms with Crippen molar-refractivity contribution in [1.82, 2.24) is 15.5 Å². The van der Waals surface area contributed by atoms with Crippen LogP contribution in [0.5, 0.6) is 0 Å². The second-order valence-electron chi connectivity index (χ2n) is 6.01. The predicted molar refractivity (Wildman–Crippen MR) is 101 cm³/mol. The fraction of sp³-hybridized carbons (Fsp3) is 0.941. The predicted octanol–water partition coefficient (Wildman–Crippen LogP) is 2.95. The molecule has 0 aromatic rings. The molecule has 1 aliphatic rings. The number of rotatable bonds is 10. The van der Waals surface area contributed by atoms with Gasteiger partial charge >= 0.3 is 0 Å². The van der Waals surface area contributed by atoms with Gasteiger partial charge < -0.3 is 15.5 Å². The molecular weight excluding hydrogens is 292 g/mol. The zero-order chi connectivity index (χ0) is 16.2. The lowest BCUT2D eigenvalue weighted by atomic mass is 10.2. The molecule has 1 rings (SSSR count). The first-order valence-corrected chi connectivity index (χ1v) is 10.3. The number of guanidine groups is 1. The molecule has 1 saturated carbocycles. The summed E-state index contributed by atoms with van der Waals surface area (Å²) in [6, 6.07) is 0.603. The van der Waals surface area contributed by atoms with Gasteiger partial charge in [0.25, 0.3) is 0 Å². The minimum absolute atomic E-state index is 0.603. The molecule has 2 N–H and O–H groups in total. The van der Waals surface area contributed by atoms with Crippen molar-refractivity contribution >= 4 is 17.7 Å². The van der Waals surface area contributed by atoms with Gasteiger partial charge in [-0.05, 0) is 64.9 Å². The van der Waals surface area contributed by atoms with Gasteiger partial charge in [-0.3, -0.25) is 4.99 Å². The number of hydrogen-bond donors (Lipinski definition) is 2. The Morgan fingerprint density at radius 3 is 2.55 bits per heavy atom. The van der Waals surface area contributed by atoms with Crippen molar-refractivity contribution in [2.75, 3.05) is 39.0 Å². The SMILES string of the molecule is CCNC(=NCCCCN(CC)CC)NC1CCC(SC)C1. The lowest BCUT2D eigenvalue weighted by molar-refractivity contribution is 0.297. The van der Waals surface area contributed by atoms with E-state index in [0.29, 0.717) is 6.04 Å². The van der Waals surface area contributed by atoms with Crippen molar-refractivity contribution < 1.29 is 0 Å².